The summed E-state index contributed by atoms with van der Waals surface area (Å²) in [4.78, 5) is 49.2. The van der Waals surface area contributed by atoms with E-state index in [1.54, 1.807) is 31.2 Å². The SMILES string of the molecule is C=CCOc1c(CC=C)cc(/C=C2\C(=O)NC(=O)N(c3ccc([N+](=O)[O-])cc3)C2=O)cc1OCC. The van der Waals surface area contributed by atoms with Crippen molar-refractivity contribution in [3.05, 3.63) is 88.5 Å². The van der Waals surface area contributed by atoms with Gasteiger partial charge in [0.2, 0.25) is 0 Å². The van der Waals surface area contributed by atoms with Gasteiger partial charge in [-0.05, 0) is 49.2 Å². The molecule has 1 saturated heterocycles. The molecular formula is C25H23N3O7. The zero-order valence-electron chi connectivity index (χ0n) is 19.0. The molecule has 2 aromatic carbocycles. The Morgan fingerprint density at radius 3 is 2.40 bits per heavy atom. The van der Waals surface area contributed by atoms with Crippen LogP contribution >= 0.6 is 0 Å². The molecule has 4 amide bonds. The molecule has 1 heterocycles. The van der Waals surface area contributed by atoms with Crippen LogP contribution in [0.15, 0.2) is 67.3 Å². The summed E-state index contributed by atoms with van der Waals surface area (Å²) in [6.07, 6.45) is 5.04. The van der Waals surface area contributed by atoms with Gasteiger partial charge in [0.1, 0.15) is 12.2 Å². The van der Waals surface area contributed by atoms with Gasteiger partial charge in [-0.25, -0.2) is 9.69 Å². The number of ether oxygens (including phenoxy) is 2. The molecule has 0 spiro atoms. The molecule has 3 rings (SSSR count). The molecular weight excluding hydrogens is 454 g/mol. The minimum Gasteiger partial charge on any atom is -0.490 e. The number of hydrogen-bond acceptors (Lipinski definition) is 7. The molecule has 180 valence electrons. The van der Waals surface area contributed by atoms with Crippen LogP contribution in [0.4, 0.5) is 16.2 Å². The number of urea groups is 1. The Hall–Kier alpha value is -4.73. The van der Waals surface area contributed by atoms with E-state index in [9.17, 15) is 24.5 Å². The fourth-order valence-corrected chi connectivity index (χ4v) is 3.42. The highest BCUT2D eigenvalue weighted by Gasteiger charge is 2.37. The Labute approximate surface area is 201 Å². The van der Waals surface area contributed by atoms with Crippen molar-refractivity contribution < 1.29 is 28.8 Å². The van der Waals surface area contributed by atoms with Crippen LogP contribution in [0.1, 0.15) is 18.1 Å². The van der Waals surface area contributed by atoms with Crippen molar-refractivity contribution >= 4 is 35.3 Å². The summed E-state index contributed by atoms with van der Waals surface area (Å²) in [5.41, 5.74) is 0.753. The van der Waals surface area contributed by atoms with Crippen molar-refractivity contribution in [1.82, 2.24) is 5.32 Å². The molecule has 10 nitrogen and oxygen atoms in total. The van der Waals surface area contributed by atoms with Crippen molar-refractivity contribution in [2.75, 3.05) is 18.1 Å². The van der Waals surface area contributed by atoms with Crippen LogP contribution in [0.2, 0.25) is 0 Å². The quantitative estimate of drug-likeness (QED) is 0.180. The van der Waals surface area contributed by atoms with Gasteiger partial charge < -0.3 is 9.47 Å². The normalized spacial score (nSPS) is 14.5. The number of imide groups is 2. The number of barbiturate groups is 1. The van der Waals surface area contributed by atoms with Crippen LogP contribution in [-0.2, 0) is 16.0 Å². The minimum absolute atomic E-state index is 0.0759. The fraction of sp³-hybridized carbons (Fsp3) is 0.160. The maximum Gasteiger partial charge on any atom is 0.335 e. The van der Waals surface area contributed by atoms with E-state index in [-0.39, 0.29) is 23.6 Å². The molecule has 1 aliphatic heterocycles. The molecule has 0 atom stereocenters. The van der Waals surface area contributed by atoms with Crippen LogP contribution in [0.5, 0.6) is 11.5 Å². The maximum absolute atomic E-state index is 13.2. The molecule has 0 unspecified atom stereocenters. The summed E-state index contributed by atoms with van der Waals surface area (Å²) in [6, 6.07) is 7.22. The molecule has 0 radical (unpaired) electrons. The molecule has 1 N–H and O–H groups in total. The van der Waals surface area contributed by atoms with Crippen molar-refractivity contribution in [2.24, 2.45) is 0 Å². The first-order valence-corrected chi connectivity index (χ1v) is 10.6. The van der Waals surface area contributed by atoms with Gasteiger partial charge in [0.25, 0.3) is 17.5 Å². The lowest BCUT2D eigenvalue weighted by Crippen LogP contribution is -2.54. The van der Waals surface area contributed by atoms with E-state index in [1.807, 2.05) is 0 Å². The largest absolute Gasteiger partial charge is 0.490 e. The molecule has 1 aliphatic rings. The summed E-state index contributed by atoms with van der Waals surface area (Å²) in [6.45, 7) is 9.80. The first-order chi connectivity index (χ1) is 16.8. The first kappa shape index (κ1) is 24.9. The van der Waals surface area contributed by atoms with E-state index >= 15 is 0 Å². The maximum atomic E-state index is 13.2. The first-order valence-electron chi connectivity index (χ1n) is 10.6. The highest BCUT2D eigenvalue weighted by Crippen LogP contribution is 2.35. The summed E-state index contributed by atoms with van der Waals surface area (Å²) in [7, 11) is 0. The zero-order valence-corrected chi connectivity index (χ0v) is 19.0. The Morgan fingerprint density at radius 2 is 1.80 bits per heavy atom. The van der Waals surface area contributed by atoms with E-state index in [0.717, 1.165) is 17.0 Å². The van der Waals surface area contributed by atoms with Crippen LogP contribution < -0.4 is 19.7 Å². The number of carbonyl (C=O) groups is 3. The predicted molar refractivity (Wildman–Crippen MR) is 129 cm³/mol. The summed E-state index contributed by atoms with van der Waals surface area (Å²) in [5, 5.41) is 13.0. The predicted octanol–water partition coefficient (Wildman–Crippen LogP) is 3.95. The number of nitro benzene ring substituents is 1. The molecule has 35 heavy (non-hydrogen) atoms. The summed E-state index contributed by atoms with van der Waals surface area (Å²) >= 11 is 0. The number of allylic oxidation sites excluding steroid dienone is 1. The van der Waals surface area contributed by atoms with E-state index in [0.29, 0.717) is 35.7 Å². The van der Waals surface area contributed by atoms with Gasteiger partial charge in [-0.15, -0.1) is 6.58 Å². The number of rotatable bonds is 10. The number of benzene rings is 2. The molecule has 0 aliphatic carbocycles. The Morgan fingerprint density at radius 1 is 1.09 bits per heavy atom. The average Bonchev–Trinajstić information content (AvgIpc) is 2.82. The van der Waals surface area contributed by atoms with Gasteiger partial charge in [-0.1, -0.05) is 18.7 Å². The second-order valence-electron chi connectivity index (χ2n) is 7.26. The number of anilines is 1. The monoisotopic (exact) mass is 477 g/mol. The second kappa shape index (κ2) is 10.9. The smallest absolute Gasteiger partial charge is 0.335 e. The lowest BCUT2D eigenvalue weighted by atomic mass is 10.0. The van der Waals surface area contributed by atoms with Gasteiger partial charge in [0, 0.05) is 17.7 Å². The van der Waals surface area contributed by atoms with E-state index in [2.05, 4.69) is 18.5 Å². The molecule has 0 saturated carbocycles. The molecule has 0 aromatic heterocycles. The fourth-order valence-electron chi connectivity index (χ4n) is 3.42. The molecule has 2 aromatic rings. The number of amides is 4. The number of hydrogen-bond donors (Lipinski definition) is 1. The standard InChI is InChI=1S/C25H23N3O7/c1-4-7-17-13-16(15-21(34-6-3)22(17)35-12-5-2)14-20-23(29)26-25(31)27(24(20)30)18-8-10-19(11-9-18)28(32)33/h4-5,8-11,13-15H,1-2,6-7,12H2,3H3,(H,26,29,31)/b20-14+. The number of nitrogens with zero attached hydrogens (tertiary/aromatic N) is 2. The van der Waals surface area contributed by atoms with Crippen molar-refractivity contribution in [2.45, 2.75) is 13.3 Å². The van der Waals surface area contributed by atoms with E-state index in [4.69, 9.17) is 9.47 Å². The van der Waals surface area contributed by atoms with Crippen molar-refractivity contribution in [1.29, 1.82) is 0 Å². The Bertz CT molecular complexity index is 1230. The number of non-ortho nitro benzene ring substituents is 1. The van der Waals surface area contributed by atoms with Crippen LogP contribution in [0, 0.1) is 10.1 Å². The van der Waals surface area contributed by atoms with E-state index in [1.165, 1.54) is 18.2 Å². The van der Waals surface area contributed by atoms with Gasteiger partial charge in [-0.3, -0.25) is 25.0 Å². The zero-order chi connectivity index (χ0) is 25.5. The van der Waals surface area contributed by atoms with Gasteiger partial charge >= 0.3 is 6.03 Å². The third kappa shape index (κ3) is 5.44. The van der Waals surface area contributed by atoms with Gasteiger partial charge in [0.05, 0.1) is 17.2 Å². The molecule has 10 heteroatoms. The summed E-state index contributed by atoms with van der Waals surface area (Å²) in [5.74, 6) is -0.834. The second-order valence-corrected chi connectivity index (χ2v) is 7.26. The molecule has 0 bridgehead atoms. The summed E-state index contributed by atoms with van der Waals surface area (Å²) < 4.78 is 11.5. The van der Waals surface area contributed by atoms with Gasteiger partial charge in [-0.2, -0.15) is 0 Å². The average molecular weight is 477 g/mol. The lowest BCUT2D eigenvalue weighted by Gasteiger charge is -2.26. The minimum atomic E-state index is -0.957. The number of nitro groups is 1. The third-order valence-electron chi connectivity index (χ3n) is 4.90. The van der Waals surface area contributed by atoms with Crippen LogP contribution in [0.25, 0.3) is 6.08 Å². The highest BCUT2D eigenvalue weighted by atomic mass is 16.6. The topological polar surface area (TPSA) is 128 Å². The Kier molecular flexibility index (Phi) is 7.77. The number of carbonyl (C=O) groups excluding carboxylic acids is 3. The third-order valence-corrected chi connectivity index (χ3v) is 4.90. The number of nitrogens with one attached hydrogen (secondary N) is 1. The highest BCUT2D eigenvalue weighted by molar-refractivity contribution is 6.39. The van der Waals surface area contributed by atoms with Crippen molar-refractivity contribution in [3.8, 4) is 11.5 Å². The van der Waals surface area contributed by atoms with Crippen LogP contribution in [0.3, 0.4) is 0 Å². The van der Waals surface area contributed by atoms with Gasteiger partial charge in [0.15, 0.2) is 11.5 Å². The van der Waals surface area contributed by atoms with E-state index < -0.39 is 22.8 Å². The van der Waals surface area contributed by atoms with Crippen molar-refractivity contribution in [3.63, 3.8) is 0 Å². The lowest BCUT2D eigenvalue weighted by molar-refractivity contribution is -0.384. The van der Waals surface area contributed by atoms with Crippen LogP contribution in [-0.4, -0.2) is 36.0 Å². The molecule has 1 fully saturated rings. The Balaban J connectivity index is 2.05.